The Kier molecular flexibility index (Phi) is 14.1. The summed E-state index contributed by atoms with van der Waals surface area (Å²) < 4.78 is 22.4. The van der Waals surface area contributed by atoms with Gasteiger partial charge in [0, 0.05) is 32.6 Å². The summed E-state index contributed by atoms with van der Waals surface area (Å²) in [6.07, 6.45) is -1.75. The van der Waals surface area contributed by atoms with E-state index in [-0.39, 0.29) is 63.7 Å². The Hall–Kier alpha value is -3.89. The van der Waals surface area contributed by atoms with Crippen LogP contribution in [0.1, 0.15) is 54.9 Å². The average molecular weight is 702 g/mol. The van der Waals surface area contributed by atoms with E-state index in [1.165, 1.54) is 11.9 Å². The molecule has 1 aliphatic rings. The molecule has 3 N–H and O–H groups in total. The third-order valence-electron chi connectivity index (χ3n) is 8.31. The molecule has 1 saturated heterocycles. The lowest BCUT2D eigenvalue weighted by molar-refractivity contribution is -0.141. The number of nitrogens with zero attached hydrogens (tertiary/aromatic N) is 4. The molecule has 2 aromatic heterocycles. The molecule has 0 unspecified atom stereocenters. The lowest BCUT2D eigenvalue weighted by Gasteiger charge is -2.30. The average Bonchev–Trinajstić information content (AvgIpc) is 3.80. The molecule has 0 radical (unpaired) electrons. The number of likely N-dealkylation sites (tertiary alicyclic amines) is 1. The summed E-state index contributed by atoms with van der Waals surface area (Å²) in [5, 5.41) is 26.5. The first kappa shape index (κ1) is 37.9. The maximum Gasteiger partial charge on any atom is 0.407 e. The zero-order chi connectivity index (χ0) is 35.5. The van der Waals surface area contributed by atoms with Crippen molar-refractivity contribution in [3.8, 4) is 10.4 Å². The number of thiazole rings is 1. The number of aliphatic hydroxyl groups excluding tert-OH is 1. The summed E-state index contributed by atoms with van der Waals surface area (Å²) in [5.74, 6) is -1.04. The lowest BCUT2D eigenvalue weighted by atomic mass is 9.91. The fourth-order valence-corrected chi connectivity index (χ4v) is 6.43. The van der Waals surface area contributed by atoms with Crippen molar-refractivity contribution in [1.82, 2.24) is 25.3 Å². The summed E-state index contributed by atoms with van der Waals surface area (Å²) in [4.78, 5) is 46.6. The molecule has 3 amide bonds. The van der Waals surface area contributed by atoms with Gasteiger partial charge in [0.05, 0.1) is 73.6 Å². The Balaban J connectivity index is 1.39. The van der Waals surface area contributed by atoms with Crippen LogP contribution < -0.4 is 5.32 Å². The standard InChI is InChI=1S/C34H47N5O9S/c1-21(2)30(29-16-22(3)37-48-29)33(42)39-18-26(40)17-28(39)32(41)36-27(24-6-8-25(9-7-24)31-23(4)35-20-49-31)19-47-15-14-46-13-12-45-11-10-38(5)34(43)44/h6-9,16,20-21,26-28,30,40H,10-15,17-19H2,1-5H3,(H,36,41)(H,43,44)/t26-,27+,28+,30-/m1/s1. The van der Waals surface area contributed by atoms with Gasteiger partial charge < -0.3 is 44.1 Å². The molecule has 268 valence electrons. The van der Waals surface area contributed by atoms with Gasteiger partial charge in [-0.15, -0.1) is 11.3 Å². The molecule has 15 heteroatoms. The molecule has 4 rings (SSSR count). The van der Waals surface area contributed by atoms with Gasteiger partial charge in [0.25, 0.3) is 0 Å². The van der Waals surface area contributed by atoms with Crippen molar-refractivity contribution in [2.24, 2.45) is 5.92 Å². The monoisotopic (exact) mass is 701 g/mol. The lowest BCUT2D eigenvalue weighted by Crippen LogP contribution is -2.49. The Morgan fingerprint density at radius 3 is 2.35 bits per heavy atom. The first-order chi connectivity index (χ1) is 23.5. The van der Waals surface area contributed by atoms with E-state index >= 15 is 0 Å². The highest BCUT2D eigenvalue weighted by atomic mass is 32.1. The van der Waals surface area contributed by atoms with Crippen LogP contribution in [0.15, 0.2) is 40.4 Å². The second-order valence-corrected chi connectivity index (χ2v) is 13.3. The van der Waals surface area contributed by atoms with Crippen molar-refractivity contribution in [3.05, 3.63) is 58.6 Å². The first-order valence-corrected chi connectivity index (χ1v) is 17.2. The van der Waals surface area contributed by atoms with Gasteiger partial charge in [-0.25, -0.2) is 9.78 Å². The van der Waals surface area contributed by atoms with E-state index in [4.69, 9.17) is 23.8 Å². The van der Waals surface area contributed by atoms with E-state index in [0.29, 0.717) is 24.7 Å². The van der Waals surface area contributed by atoms with E-state index in [1.807, 2.05) is 45.0 Å². The van der Waals surface area contributed by atoms with Gasteiger partial charge in [0.2, 0.25) is 11.8 Å². The molecule has 14 nitrogen and oxygen atoms in total. The third kappa shape index (κ3) is 10.5. The summed E-state index contributed by atoms with van der Waals surface area (Å²) >= 11 is 1.56. The number of nitrogens with one attached hydrogen (secondary N) is 1. The minimum atomic E-state index is -1.01. The summed E-state index contributed by atoms with van der Waals surface area (Å²) in [5.41, 5.74) is 5.22. The van der Waals surface area contributed by atoms with Crippen molar-refractivity contribution < 1.29 is 43.3 Å². The van der Waals surface area contributed by atoms with Crippen LogP contribution in [0, 0.1) is 19.8 Å². The maximum atomic E-state index is 13.9. The number of hydrogen-bond donors (Lipinski definition) is 3. The van der Waals surface area contributed by atoms with Gasteiger partial charge in [0.15, 0.2) is 0 Å². The fraction of sp³-hybridized carbons (Fsp3) is 0.559. The Morgan fingerprint density at radius 1 is 1.08 bits per heavy atom. The predicted molar refractivity (Wildman–Crippen MR) is 181 cm³/mol. The zero-order valence-electron chi connectivity index (χ0n) is 28.7. The minimum absolute atomic E-state index is 0.0363. The van der Waals surface area contributed by atoms with Crippen LogP contribution in [0.4, 0.5) is 4.79 Å². The van der Waals surface area contributed by atoms with Crippen molar-refractivity contribution in [2.45, 2.75) is 58.2 Å². The molecule has 0 spiro atoms. The molecule has 0 aliphatic carbocycles. The highest BCUT2D eigenvalue weighted by Crippen LogP contribution is 2.32. The number of benzene rings is 1. The number of β-amino-alcohol motifs (C(OH)–C–C–N with tert-alkyl or cyclic N) is 1. The van der Waals surface area contributed by atoms with Crippen LogP contribution in [0.25, 0.3) is 10.4 Å². The highest BCUT2D eigenvalue weighted by Gasteiger charge is 2.43. The van der Waals surface area contributed by atoms with Crippen LogP contribution >= 0.6 is 11.3 Å². The molecule has 0 bridgehead atoms. The molecule has 1 fully saturated rings. The van der Waals surface area contributed by atoms with Crippen LogP contribution in [0.5, 0.6) is 0 Å². The van der Waals surface area contributed by atoms with Crippen molar-refractivity contribution >= 4 is 29.2 Å². The molecular weight excluding hydrogens is 654 g/mol. The van der Waals surface area contributed by atoms with Gasteiger partial charge in [-0.1, -0.05) is 43.3 Å². The fourth-order valence-electron chi connectivity index (χ4n) is 5.62. The van der Waals surface area contributed by atoms with E-state index < -0.39 is 30.2 Å². The van der Waals surface area contributed by atoms with E-state index in [0.717, 1.165) is 26.6 Å². The summed E-state index contributed by atoms with van der Waals surface area (Å²) in [7, 11) is 1.47. The van der Waals surface area contributed by atoms with Gasteiger partial charge in [0.1, 0.15) is 17.7 Å². The highest BCUT2D eigenvalue weighted by molar-refractivity contribution is 7.13. The van der Waals surface area contributed by atoms with E-state index in [9.17, 15) is 19.5 Å². The second-order valence-electron chi connectivity index (χ2n) is 12.4. The number of aliphatic hydroxyl groups is 1. The number of ether oxygens (including phenoxy) is 3. The largest absolute Gasteiger partial charge is 0.465 e. The molecule has 1 aliphatic heterocycles. The first-order valence-electron chi connectivity index (χ1n) is 16.4. The number of carbonyl (C=O) groups is 3. The smallest absolute Gasteiger partial charge is 0.407 e. The Morgan fingerprint density at radius 2 is 1.76 bits per heavy atom. The van der Waals surface area contributed by atoms with Crippen molar-refractivity contribution in [3.63, 3.8) is 0 Å². The number of aromatic nitrogens is 2. The number of hydrogen-bond acceptors (Lipinski definition) is 11. The molecule has 3 heterocycles. The molecule has 49 heavy (non-hydrogen) atoms. The molecular formula is C34H47N5O9S. The SMILES string of the molecule is Cc1cc([C@H](C(=O)N2C[C@H](O)C[C@H]2C(=O)N[C@@H](COCCOCCOCCN(C)C(=O)O)c2ccc(-c3scnc3C)cc2)C(C)C)on1. The van der Waals surface area contributed by atoms with Gasteiger partial charge >= 0.3 is 6.09 Å². The quantitative estimate of drug-likeness (QED) is 0.165. The van der Waals surface area contributed by atoms with Crippen LogP contribution in [0.2, 0.25) is 0 Å². The Bertz CT molecular complexity index is 1510. The number of carboxylic acid groups (broad SMARTS) is 1. The van der Waals surface area contributed by atoms with Gasteiger partial charge in [-0.2, -0.15) is 0 Å². The van der Waals surface area contributed by atoms with E-state index in [2.05, 4.69) is 15.5 Å². The normalized spacial score (nSPS) is 17.3. The van der Waals surface area contributed by atoms with Crippen molar-refractivity contribution in [1.29, 1.82) is 0 Å². The van der Waals surface area contributed by atoms with Gasteiger partial charge in [-0.05, 0) is 30.9 Å². The number of likely N-dealkylation sites (N-methyl/N-ethyl adjacent to an activating group) is 1. The third-order valence-corrected chi connectivity index (χ3v) is 9.29. The topological polar surface area (TPSA) is 177 Å². The predicted octanol–water partition coefficient (Wildman–Crippen LogP) is 3.63. The van der Waals surface area contributed by atoms with Crippen LogP contribution in [-0.4, -0.2) is 120 Å². The summed E-state index contributed by atoms with van der Waals surface area (Å²) in [6.45, 7) is 9.44. The van der Waals surface area contributed by atoms with Gasteiger partial charge in [-0.3, -0.25) is 9.59 Å². The summed E-state index contributed by atoms with van der Waals surface area (Å²) in [6, 6.07) is 8.13. The van der Waals surface area contributed by atoms with Crippen LogP contribution in [-0.2, 0) is 23.8 Å². The minimum Gasteiger partial charge on any atom is -0.465 e. The zero-order valence-corrected chi connectivity index (χ0v) is 29.5. The Labute approximate surface area is 290 Å². The molecule has 3 aromatic rings. The second kappa shape index (κ2) is 18.2. The number of amides is 3. The number of aryl methyl sites for hydroxylation is 2. The maximum absolute atomic E-state index is 13.9. The molecule has 4 atom stereocenters. The number of rotatable bonds is 18. The van der Waals surface area contributed by atoms with Crippen molar-refractivity contribution in [2.75, 3.05) is 59.8 Å². The van der Waals surface area contributed by atoms with E-state index in [1.54, 1.807) is 29.8 Å². The molecule has 0 saturated carbocycles. The van der Waals surface area contributed by atoms with Crippen LogP contribution in [0.3, 0.4) is 0 Å². The molecule has 1 aromatic carbocycles. The number of carbonyl (C=O) groups excluding carboxylic acids is 2.